The van der Waals surface area contributed by atoms with E-state index in [2.05, 4.69) is 0 Å². The molecular formula is C12H15ClFNO2. The SMILES string of the molecule is Cl.NC1(c2ccc(F)cc2)CCCC(O)C1=O. The second-order valence-corrected chi connectivity index (χ2v) is 4.25. The van der Waals surface area contributed by atoms with Crippen LogP contribution in [0.25, 0.3) is 0 Å². The first-order chi connectivity index (χ1) is 7.54. The Kier molecular flexibility index (Phi) is 4.25. The number of carbonyl (C=O) groups is 1. The Morgan fingerprint density at radius 1 is 1.35 bits per heavy atom. The van der Waals surface area contributed by atoms with Crippen LogP contribution < -0.4 is 5.73 Å². The Morgan fingerprint density at radius 3 is 2.53 bits per heavy atom. The summed E-state index contributed by atoms with van der Waals surface area (Å²) >= 11 is 0. The van der Waals surface area contributed by atoms with Crippen molar-refractivity contribution < 1.29 is 14.3 Å². The first kappa shape index (κ1) is 14.1. The molecule has 2 unspecified atom stereocenters. The van der Waals surface area contributed by atoms with Crippen LogP contribution in [-0.4, -0.2) is 17.0 Å². The van der Waals surface area contributed by atoms with Gasteiger partial charge >= 0.3 is 0 Å². The summed E-state index contributed by atoms with van der Waals surface area (Å²) < 4.78 is 12.8. The quantitative estimate of drug-likeness (QED) is 0.804. The molecule has 0 saturated heterocycles. The molecular weight excluding hydrogens is 245 g/mol. The van der Waals surface area contributed by atoms with Crippen LogP contribution in [0.5, 0.6) is 0 Å². The zero-order valence-corrected chi connectivity index (χ0v) is 10.0. The molecule has 1 aromatic carbocycles. The molecule has 94 valence electrons. The Balaban J connectivity index is 0.00000144. The van der Waals surface area contributed by atoms with Crippen molar-refractivity contribution >= 4 is 18.2 Å². The average molecular weight is 260 g/mol. The number of nitrogens with two attached hydrogens (primary N) is 1. The summed E-state index contributed by atoms with van der Waals surface area (Å²) in [6.07, 6.45) is 0.651. The molecule has 1 aromatic rings. The molecule has 1 fully saturated rings. The molecule has 2 atom stereocenters. The zero-order valence-electron chi connectivity index (χ0n) is 9.23. The fourth-order valence-corrected chi connectivity index (χ4v) is 2.16. The van der Waals surface area contributed by atoms with Crippen LogP contribution in [0.2, 0.25) is 0 Å². The third-order valence-electron chi connectivity index (χ3n) is 3.15. The van der Waals surface area contributed by atoms with Crippen molar-refractivity contribution in [3.05, 3.63) is 35.6 Å². The molecule has 0 bridgehead atoms. The van der Waals surface area contributed by atoms with Crippen molar-refractivity contribution in [2.75, 3.05) is 0 Å². The maximum Gasteiger partial charge on any atom is 0.185 e. The number of hydrogen-bond donors (Lipinski definition) is 2. The van der Waals surface area contributed by atoms with Gasteiger partial charge in [0.2, 0.25) is 0 Å². The first-order valence-electron chi connectivity index (χ1n) is 5.31. The van der Waals surface area contributed by atoms with Gasteiger partial charge in [-0.05, 0) is 37.0 Å². The third kappa shape index (κ3) is 2.49. The molecule has 1 saturated carbocycles. The number of aliphatic hydroxyl groups excluding tert-OH is 1. The molecule has 0 aromatic heterocycles. The Labute approximate surface area is 105 Å². The van der Waals surface area contributed by atoms with E-state index in [4.69, 9.17) is 5.73 Å². The van der Waals surface area contributed by atoms with Crippen molar-refractivity contribution in [1.29, 1.82) is 0 Å². The highest BCUT2D eigenvalue weighted by atomic mass is 35.5. The second-order valence-electron chi connectivity index (χ2n) is 4.25. The molecule has 1 aliphatic carbocycles. The van der Waals surface area contributed by atoms with Gasteiger partial charge in [0, 0.05) is 0 Å². The standard InChI is InChI=1S/C12H14FNO2.ClH/c13-9-5-3-8(4-6-9)12(14)7-1-2-10(15)11(12)16;/h3-6,10,15H,1-2,7,14H2;1H. The normalized spacial score (nSPS) is 28.6. The van der Waals surface area contributed by atoms with Crippen LogP contribution in [-0.2, 0) is 10.3 Å². The maximum atomic E-state index is 12.8. The monoisotopic (exact) mass is 259 g/mol. The minimum absolute atomic E-state index is 0. The maximum absolute atomic E-state index is 12.8. The predicted molar refractivity (Wildman–Crippen MR) is 64.4 cm³/mol. The molecule has 17 heavy (non-hydrogen) atoms. The van der Waals surface area contributed by atoms with Gasteiger partial charge < -0.3 is 10.8 Å². The largest absolute Gasteiger partial charge is 0.385 e. The van der Waals surface area contributed by atoms with Crippen molar-refractivity contribution in [2.24, 2.45) is 5.73 Å². The number of hydrogen-bond acceptors (Lipinski definition) is 3. The molecule has 3 N–H and O–H groups in total. The summed E-state index contributed by atoms with van der Waals surface area (Å²) in [5.74, 6) is -0.735. The molecule has 0 amide bonds. The topological polar surface area (TPSA) is 63.3 Å². The van der Waals surface area contributed by atoms with Crippen molar-refractivity contribution in [3.63, 3.8) is 0 Å². The van der Waals surface area contributed by atoms with Gasteiger partial charge in [0.15, 0.2) is 5.78 Å². The molecule has 0 radical (unpaired) electrons. The number of benzene rings is 1. The Hall–Kier alpha value is -0.970. The highest BCUT2D eigenvalue weighted by molar-refractivity contribution is 5.93. The molecule has 0 heterocycles. The summed E-state index contributed by atoms with van der Waals surface area (Å²) in [6, 6.07) is 5.56. The van der Waals surface area contributed by atoms with Gasteiger partial charge in [-0.3, -0.25) is 4.79 Å². The van der Waals surface area contributed by atoms with Crippen LogP contribution in [0.1, 0.15) is 24.8 Å². The van der Waals surface area contributed by atoms with Crippen molar-refractivity contribution in [1.82, 2.24) is 0 Å². The molecule has 3 nitrogen and oxygen atoms in total. The molecule has 2 rings (SSSR count). The van der Waals surface area contributed by atoms with E-state index >= 15 is 0 Å². The van der Waals surface area contributed by atoms with E-state index in [0.717, 1.165) is 0 Å². The van der Waals surface area contributed by atoms with Crippen LogP contribution in [0.4, 0.5) is 4.39 Å². The predicted octanol–water partition coefficient (Wildman–Crippen LogP) is 1.52. The van der Waals surface area contributed by atoms with Gasteiger partial charge in [-0.25, -0.2) is 4.39 Å². The third-order valence-corrected chi connectivity index (χ3v) is 3.15. The summed E-state index contributed by atoms with van der Waals surface area (Å²) in [5, 5.41) is 9.53. The van der Waals surface area contributed by atoms with Gasteiger partial charge in [0.25, 0.3) is 0 Å². The lowest BCUT2D eigenvalue weighted by atomic mass is 9.75. The van der Waals surface area contributed by atoms with E-state index in [0.29, 0.717) is 24.8 Å². The summed E-state index contributed by atoms with van der Waals surface area (Å²) in [4.78, 5) is 11.9. The summed E-state index contributed by atoms with van der Waals surface area (Å²) in [5.41, 5.74) is 5.44. The molecule has 5 heteroatoms. The smallest absolute Gasteiger partial charge is 0.185 e. The Morgan fingerprint density at radius 2 is 1.94 bits per heavy atom. The number of halogens is 2. The summed E-state index contributed by atoms with van der Waals surface area (Å²) in [7, 11) is 0. The lowest BCUT2D eigenvalue weighted by Gasteiger charge is -2.34. The number of aliphatic hydroxyl groups is 1. The van der Waals surface area contributed by atoms with Gasteiger partial charge in [-0.1, -0.05) is 12.1 Å². The lowest BCUT2D eigenvalue weighted by molar-refractivity contribution is -0.136. The van der Waals surface area contributed by atoms with Crippen LogP contribution in [0.3, 0.4) is 0 Å². The molecule has 0 spiro atoms. The van der Waals surface area contributed by atoms with E-state index in [9.17, 15) is 14.3 Å². The fraction of sp³-hybridized carbons (Fsp3) is 0.417. The number of carbonyl (C=O) groups excluding carboxylic acids is 1. The fourth-order valence-electron chi connectivity index (χ4n) is 2.16. The van der Waals surface area contributed by atoms with Crippen molar-refractivity contribution in [2.45, 2.75) is 30.9 Å². The van der Waals surface area contributed by atoms with Gasteiger partial charge in [-0.15, -0.1) is 12.4 Å². The average Bonchev–Trinajstić information content (AvgIpc) is 2.27. The molecule has 0 aliphatic heterocycles. The molecule has 1 aliphatic rings. The zero-order chi connectivity index (χ0) is 11.8. The minimum Gasteiger partial charge on any atom is -0.385 e. The highest BCUT2D eigenvalue weighted by Gasteiger charge is 2.42. The number of ketones is 1. The van der Waals surface area contributed by atoms with Crippen LogP contribution in [0, 0.1) is 5.82 Å². The van der Waals surface area contributed by atoms with Crippen LogP contribution >= 0.6 is 12.4 Å². The van der Waals surface area contributed by atoms with Crippen molar-refractivity contribution in [3.8, 4) is 0 Å². The van der Waals surface area contributed by atoms with E-state index in [1.807, 2.05) is 0 Å². The van der Waals surface area contributed by atoms with E-state index in [1.165, 1.54) is 24.3 Å². The van der Waals surface area contributed by atoms with Gasteiger partial charge in [-0.2, -0.15) is 0 Å². The Bertz CT molecular complexity index is 409. The minimum atomic E-state index is -1.16. The van der Waals surface area contributed by atoms with Gasteiger partial charge in [0.05, 0.1) is 0 Å². The van der Waals surface area contributed by atoms with E-state index in [-0.39, 0.29) is 24.0 Å². The number of rotatable bonds is 1. The van der Waals surface area contributed by atoms with E-state index in [1.54, 1.807) is 0 Å². The number of Topliss-reactive ketones (excluding diaryl/α,β-unsaturated/α-hetero) is 1. The highest BCUT2D eigenvalue weighted by Crippen LogP contribution is 2.32. The van der Waals surface area contributed by atoms with Gasteiger partial charge in [0.1, 0.15) is 17.5 Å². The lowest BCUT2D eigenvalue weighted by Crippen LogP contribution is -2.52. The summed E-state index contributed by atoms with van der Waals surface area (Å²) in [6.45, 7) is 0. The van der Waals surface area contributed by atoms with Crippen LogP contribution in [0.15, 0.2) is 24.3 Å². The first-order valence-corrected chi connectivity index (χ1v) is 5.31. The van der Waals surface area contributed by atoms with E-state index < -0.39 is 11.6 Å². The second kappa shape index (κ2) is 5.12.